The number of nitrogens with one attached hydrogen (secondary N) is 1. The van der Waals surface area contributed by atoms with Crippen LogP contribution in [0.2, 0.25) is 0 Å². The molecule has 1 saturated carbocycles. The first-order valence-electron chi connectivity index (χ1n) is 6.71. The number of carbonyl (C=O) groups is 1. The van der Waals surface area contributed by atoms with Crippen LogP contribution in [0.5, 0.6) is 0 Å². The van der Waals surface area contributed by atoms with Gasteiger partial charge in [0, 0.05) is 11.6 Å². The summed E-state index contributed by atoms with van der Waals surface area (Å²) in [5, 5.41) is 8.07. The third-order valence-corrected chi connectivity index (χ3v) is 4.56. The molecular weight excluding hydrogens is 276 g/mol. The van der Waals surface area contributed by atoms with Crippen molar-refractivity contribution < 1.29 is 13.2 Å². The molecule has 0 aromatic heterocycles. The summed E-state index contributed by atoms with van der Waals surface area (Å²) in [6.45, 7) is 3.90. The minimum absolute atomic E-state index is 0.0255. The largest absolute Gasteiger partial charge is 0.349 e. The molecule has 1 aromatic carbocycles. The van der Waals surface area contributed by atoms with Gasteiger partial charge in [-0.15, -0.1) is 0 Å². The zero-order chi connectivity index (χ0) is 14.9. The summed E-state index contributed by atoms with van der Waals surface area (Å²) in [5.74, 6) is 0.385. The van der Waals surface area contributed by atoms with Crippen LogP contribution < -0.4 is 10.5 Å². The van der Waals surface area contributed by atoms with E-state index in [9.17, 15) is 13.2 Å². The lowest BCUT2D eigenvalue weighted by Crippen LogP contribution is -2.33. The smallest absolute Gasteiger partial charge is 0.251 e. The fourth-order valence-electron chi connectivity index (χ4n) is 2.65. The zero-order valence-corrected chi connectivity index (χ0v) is 12.5. The summed E-state index contributed by atoms with van der Waals surface area (Å²) in [4.78, 5) is 12.2. The molecule has 3 N–H and O–H groups in total. The van der Waals surface area contributed by atoms with Crippen LogP contribution in [-0.2, 0) is 10.0 Å². The summed E-state index contributed by atoms with van der Waals surface area (Å²) < 4.78 is 22.8. The van der Waals surface area contributed by atoms with Gasteiger partial charge in [-0.2, -0.15) is 0 Å². The molecule has 1 aliphatic carbocycles. The SMILES string of the molecule is Cc1cc(C(=O)NC2CCC(C)C2)cc(S(N)(=O)=O)c1. The molecule has 0 aliphatic heterocycles. The van der Waals surface area contributed by atoms with Crippen molar-refractivity contribution in [3.8, 4) is 0 Å². The summed E-state index contributed by atoms with van der Waals surface area (Å²) >= 11 is 0. The highest BCUT2D eigenvalue weighted by Crippen LogP contribution is 2.25. The molecule has 0 radical (unpaired) electrons. The number of carbonyl (C=O) groups excluding carboxylic acids is 1. The third kappa shape index (κ3) is 3.58. The number of hydrogen-bond acceptors (Lipinski definition) is 3. The highest BCUT2D eigenvalue weighted by molar-refractivity contribution is 7.89. The van der Waals surface area contributed by atoms with E-state index in [-0.39, 0.29) is 16.8 Å². The first-order chi connectivity index (χ1) is 9.25. The Morgan fingerprint density at radius 1 is 1.30 bits per heavy atom. The van der Waals surface area contributed by atoms with Crippen LogP contribution in [-0.4, -0.2) is 20.4 Å². The van der Waals surface area contributed by atoms with Gasteiger partial charge >= 0.3 is 0 Å². The summed E-state index contributed by atoms with van der Waals surface area (Å²) in [6.07, 6.45) is 3.06. The first-order valence-corrected chi connectivity index (χ1v) is 8.25. The lowest BCUT2D eigenvalue weighted by atomic mass is 10.1. The maximum absolute atomic E-state index is 12.2. The number of primary sulfonamides is 1. The molecule has 0 bridgehead atoms. The molecule has 1 fully saturated rings. The van der Waals surface area contributed by atoms with Gasteiger partial charge in [-0.05, 0) is 55.9 Å². The van der Waals surface area contributed by atoms with Gasteiger partial charge in [0.25, 0.3) is 5.91 Å². The fraction of sp³-hybridized carbons (Fsp3) is 0.500. The van der Waals surface area contributed by atoms with E-state index in [0.29, 0.717) is 17.0 Å². The monoisotopic (exact) mass is 296 g/mol. The van der Waals surface area contributed by atoms with Crippen molar-refractivity contribution in [1.82, 2.24) is 5.32 Å². The normalized spacial score (nSPS) is 22.8. The average Bonchev–Trinajstić information content (AvgIpc) is 2.72. The molecule has 110 valence electrons. The molecule has 2 unspecified atom stereocenters. The fourth-order valence-corrected chi connectivity index (χ4v) is 3.29. The predicted octanol–water partition coefficient (Wildman–Crippen LogP) is 1.56. The summed E-state index contributed by atoms with van der Waals surface area (Å²) in [6, 6.07) is 4.64. The maximum Gasteiger partial charge on any atom is 0.251 e. The van der Waals surface area contributed by atoms with Crippen LogP contribution >= 0.6 is 0 Å². The van der Waals surface area contributed by atoms with Crippen molar-refractivity contribution in [3.63, 3.8) is 0 Å². The number of sulfonamides is 1. The van der Waals surface area contributed by atoms with E-state index in [2.05, 4.69) is 12.2 Å². The Kier molecular flexibility index (Phi) is 4.15. The Morgan fingerprint density at radius 3 is 2.55 bits per heavy atom. The molecule has 20 heavy (non-hydrogen) atoms. The lowest BCUT2D eigenvalue weighted by Gasteiger charge is -2.13. The number of benzene rings is 1. The molecule has 2 rings (SSSR count). The van der Waals surface area contributed by atoms with E-state index in [4.69, 9.17) is 5.14 Å². The summed E-state index contributed by atoms with van der Waals surface area (Å²) in [5.41, 5.74) is 1.04. The Labute approximate surface area is 119 Å². The van der Waals surface area contributed by atoms with Crippen molar-refractivity contribution in [3.05, 3.63) is 29.3 Å². The van der Waals surface area contributed by atoms with E-state index in [1.165, 1.54) is 12.1 Å². The minimum atomic E-state index is -3.80. The minimum Gasteiger partial charge on any atom is -0.349 e. The van der Waals surface area contributed by atoms with Crippen LogP contribution in [0, 0.1) is 12.8 Å². The molecule has 2 atom stereocenters. The molecule has 0 saturated heterocycles. The van der Waals surface area contributed by atoms with Gasteiger partial charge < -0.3 is 5.32 Å². The zero-order valence-electron chi connectivity index (χ0n) is 11.7. The standard InChI is InChI=1S/C14H20N2O3S/c1-9-3-4-12(6-9)16-14(17)11-5-10(2)7-13(8-11)20(15,18)19/h5,7-9,12H,3-4,6H2,1-2H3,(H,16,17)(H2,15,18,19). The molecule has 5 nitrogen and oxygen atoms in total. The van der Waals surface area contributed by atoms with Gasteiger partial charge in [0.05, 0.1) is 4.90 Å². The molecule has 1 aromatic rings. The van der Waals surface area contributed by atoms with Gasteiger partial charge in [-0.1, -0.05) is 6.92 Å². The average molecular weight is 296 g/mol. The predicted molar refractivity (Wildman–Crippen MR) is 76.8 cm³/mol. The van der Waals surface area contributed by atoms with E-state index in [1.807, 2.05) is 0 Å². The number of aryl methyl sites for hydroxylation is 1. The number of nitrogens with two attached hydrogens (primary N) is 1. The second kappa shape index (κ2) is 5.54. The second-order valence-corrected chi connectivity index (χ2v) is 7.23. The third-order valence-electron chi connectivity index (χ3n) is 3.67. The summed E-state index contributed by atoms with van der Waals surface area (Å²) in [7, 11) is -3.80. The molecule has 1 amide bonds. The highest BCUT2D eigenvalue weighted by Gasteiger charge is 2.23. The van der Waals surface area contributed by atoms with Crippen LogP contribution in [0.1, 0.15) is 42.1 Å². The lowest BCUT2D eigenvalue weighted by molar-refractivity contribution is 0.0937. The number of amides is 1. The van der Waals surface area contributed by atoms with Crippen molar-refractivity contribution in [2.45, 2.75) is 44.0 Å². The molecule has 1 aliphatic rings. The van der Waals surface area contributed by atoms with Crippen LogP contribution in [0.4, 0.5) is 0 Å². The number of rotatable bonds is 3. The topological polar surface area (TPSA) is 89.3 Å². The Bertz CT molecular complexity index is 625. The Morgan fingerprint density at radius 2 is 2.00 bits per heavy atom. The molecule has 0 heterocycles. The van der Waals surface area contributed by atoms with Gasteiger partial charge in [0.2, 0.25) is 10.0 Å². The second-order valence-electron chi connectivity index (χ2n) is 5.67. The van der Waals surface area contributed by atoms with Crippen molar-refractivity contribution in [2.24, 2.45) is 11.1 Å². The van der Waals surface area contributed by atoms with Gasteiger partial charge in [-0.25, -0.2) is 13.6 Å². The molecule has 0 spiro atoms. The van der Waals surface area contributed by atoms with Gasteiger partial charge in [-0.3, -0.25) is 4.79 Å². The molecule has 6 heteroatoms. The van der Waals surface area contributed by atoms with E-state index >= 15 is 0 Å². The van der Waals surface area contributed by atoms with E-state index in [1.54, 1.807) is 13.0 Å². The van der Waals surface area contributed by atoms with Crippen LogP contribution in [0.25, 0.3) is 0 Å². The van der Waals surface area contributed by atoms with E-state index in [0.717, 1.165) is 19.3 Å². The first kappa shape index (κ1) is 15.0. The van der Waals surface area contributed by atoms with Crippen LogP contribution in [0.3, 0.4) is 0 Å². The van der Waals surface area contributed by atoms with Crippen molar-refractivity contribution in [2.75, 3.05) is 0 Å². The van der Waals surface area contributed by atoms with Crippen molar-refractivity contribution >= 4 is 15.9 Å². The van der Waals surface area contributed by atoms with Gasteiger partial charge in [0.15, 0.2) is 0 Å². The highest BCUT2D eigenvalue weighted by atomic mass is 32.2. The van der Waals surface area contributed by atoms with Crippen molar-refractivity contribution in [1.29, 1.82) is 0 Å². The maximum atomic E-state index is 12.2. The quantitative estimate of drug-likeness (QED) is 0.887. The Hall–Kier alpha value is -1.40. The molecular formula is C14H20N2O3S. The number of hydrogen-bond donors (Lipinski definition) is 2. The van der Waals surface area contributed by atoms with Crippen LogP contribution in [0.15, 0.2) is 23.1 Å². The van der Waals surface area contributed by atoms with E-state index < -0.39 is 10.0 Å². The Balaban J connectivity index is 2.20. The van der Waals surface area contributed by atoms with Gasteiger partial charge in [0.1, 0.15) is 0 Å².